The number of carbonyl (C=O) groups excluding carboxylic acids is 1. The fourth-order valence-electron chi connectivity index (χ4n) is 3.80. The van der Waals surface area contributed by atoms with Crippen molar-refractivity contribution in [2.45, 2.75) is 26.1 Å². The van der Waals surface area contributed by atoms with Gasteiger partial charge in [0.2, 0.25) is 0 Å². The van der Waals surface area contributed by atoms with Gasteiger partial charge < -0.3 is 19.5 Å². The highest BCUT2D eigenvalue weighted by Crippen LogP contribution is 2.36. The zero-order valence-electron chi connectivity index (χ0n) is 15.6. The zero-order valence-corrected chi connectivity index (χ0v) is 15.6. The molecule has 0 amide bonds. The molecule has 6 nitrogen and oxygen atoms in total. The number of carbonyl (C=O) groups is 1. The van der Waals surface area contributed by atoms with E-state index in [4.69, 9.17) is 4.74 Å². The van der Waals surface area contributed by atoms with Crippen LogP contribution in [0.2, 0.25) is 0 Å². The van der Waals surface area contributed by atoms with Crippen LogP contribution in [0.25, 0.3) is 11.0 Å². The minimum atomic E-state index is -0.585. The Kier molecular flexibility index (Phi) is 4.81. The van der Waals surface area contributed by atoms with Crippen molar-refractivity contribution in [1.29, 1.82) is 0 Å². The van der Waals surface area contributed by atoms with Gasteiger partial charge in [-0.2, -0.15) is 0 Å². The fraction of sp³-hybridized carbons (Fsp3) is 0.333. The number of hydrogen-bond donors (Lipinski definition) is 1. The van der Waals surface area contributed by atoms with E-state index >= 15 is 0 Å². The lowest BCUT2D eigenvalue weighted by Gasteiger charge is -2.28. The average molecular weight is 364 g/mol. The summed E-state index contributed by atoms with van der Waals surface area (Å²) in [5.41, 5.74) is 5.14. The number of rotatable bonds is 6. The van der Waals surface area contributed by atoms with Gasteiger partial charge in [0.25, 0.3) is 0 Å². The van der Waals surface area contributed by atoms with E-state index < -0.39 is 6.23 Å². The SMILES string of the molecule is CCN(CC)c1ccc(C2COC(C=O)N2c2ccc3nc[nH]c3c2)cc1. The normalized spacial score (nSPS) is 19.6. The van der Waals surface area contributed by atoms with E-state index in [9.17, 15) is 4.79 Å². The van der Waals surface area contributed by atoms with Crippen LogP contribution < -0.4 is 9.80 Å². The Morgan fingerprint density at radius 1 is 1.22 bits per heavy atom. The van der Waals surface area contributed by atoms with Gasteiger partial charge in [0.1, 0.15) is 0 Å². The van der Waals surface area contributed by atoms with Gasteiger partial charge in [-0.15, -0.1) is 0 Å². The molecule has 140 valence electrons. The number of fused-ring (bicyclic) bond motifs is 1. The van der Waals surface area contributed by atoms with Crippen molar-refractivity contribution in [2.75, 3.05) is 29.5 Å². The second kappa shape index (κ2) is 7.40. The van der Waals surface area contributed by atoms with Crippen LogP contribution in [0, 0.1) is 0 Å². The average Bonchev–Trinajstić information content (AvgIpc) is 3.35. The Labute approximate surface area is 158 Å². The number of imidazole rings is 1. The second-order valence-electron chi connectivity index (χ2n) is 6.65. The number of aromatic amines is 1. The number of aromatic nitrogens is 2. The Balaban J connectivity index is 1.67. The molecule has 4 rings (SSSR count). The largest absolute Gasteiger partial charge is 0.372 e. The summed E-state index contributed by atoms with van der Waals surface area (Å²) >= 11 is 0. The lowest BCUT2D eigenvalue weighted by molar-refractivity contribution is -0.115. The van der Waals surface area contributed by atoms with Crippen LogP contribution in [0.4, 0.5) is 11.4 Å². The van der Waals surface area contributed by atoms with Gasteiger partial charge in [0.05, 0.1) is 30.0 Å². The van der Waals surface area contributed by atoms with Crippen molar-refractivity contribution in [2.24, 2.45) is 0 Å². The summed E-state index contributed by atoms with van der Waals surface area (Å²) in [5, 5.41) is 0. The van der Waals surface area contributed by atoms with Crippen molar-refractivity contribution >= 4 is 28.7 Å². The van der Waals surface area contributed by atoms with Gasteiger partial charge in [0, 0.05) is 24.5 Å². The molecule has 1 fully saturated rings. The summed E-state index contributed by atoms with van der Waals surface area (Å²) < 4.78 is 5.77. The van der Waals surface area contributed by atoms with Crippen LogP contribution in [0.15, 0.2) is 48.8 Å². The van der Waals surface area contributed by atoms with E-state index in [1.165, 1.54) is 5.69 Å². The molecule has 1 aliphatic rings. The molecule has 1 N–H and O–H groups in total. The van der Waals surface area contributed by atoms with Gasteiger partial charge in [-0.3, -0.25) is 4.79 Å². The molecule has 2 unspecified atom stereocenters. The zero-order chi connectivity index (χ0) is 18.8. The number of hydrogen-bond acceptors (Lipinski definition) is 5. The third kappa shape index (κ3) is 3.17. The molecule has 1 saturated heterocycles. The maximum Gasteiger partial charge on any atom is 0.187 e. The van der Waals surface area contributed by atoms with Gasteiger partial charge in [-0.25, -0.2) is 4.98 Å². The first-order valence-corrected chi connectivity index (χ1v) is 9.38. The van der Waals surface area contributed by atoms with Crippen molar-refractivity contribution in [3.63, 3.8) is 0 Å². The van der Waals surface area contributed by atoms with Gasteiger partial charge in [-0.1, -0.05) is 12.1 Å². The number of anilines is 2. The fourth-order valence-corrected chi connectivity index (χ4v) is 3.80. The summed E-state index contributed by atoms with van der Waals surface area (Å²) in [6, 6.07) is 14.5. The van der Waals surface area contributed by atoms with Crippen molar-refractivity contribution in [3.05, 3.63) is 54.4 Å². The standard InChI is InChI=1S/C21H24N4O2/c1-3-24(4-2)16-7-5-15(6-8-16)20-13-27-21(12-26)25(20)17-9-10-18-19(11-17)23-14-22-18/h5-12,14,20-21H,3-4,13H2,1-2H3,(H,22,23). The molecule has 1 aromatic heterocycles. The highest BCUT2D eigenvalue weighted by molar-refractivity contribution is 5.80. The van der Waals surface area contributed by atoms with E-state index in [0.717, 1.165) is 41.7 Å². The van der Waals surface area contributed by atoms with E-state index in [1.54, 1.807) is 6.33 Å². The van der Waals surface area contributed by atoms with E-state index in [-0.39, 0.29) is 6.04 Å². The number of nitrogens with zero attached hydrogens (tertiary/aromatic N) is 3. The first kappa shape index (κ1) is 17.5. The number of nitrogens with one attached hydrogen (secondary N) is 1. The molecule has 0 bridgehead atoms. The van der Waals surface area contributed by atoms with Crippen molar-refractivity contribution in [1.82, 2.24) is 9.97 Å². The monoisotopic (exact) mass is 364 g/mol. The molecular weight excluding hydrogens is 340 g/mol. The molecule has 2 heterocycles. The molecule has 2 aromatic carbocycles. The first-order valence-electron chi connectivity index (χ1n) is 9.38. The van der Waals surface area contributed by atoms with Crippen LogP contribution in [-0.2, 0) is 9.53 Å². The quantitative estimate of drug-likeness (QED) is 0.678. The summed E-state index contributed by atoms with van der Waals surface area (Å²) in [6.07, 6.45) is 1.95. The third-order valence-electron chi connectivity index (χ3n) is 5.26. The van der Waals surface area contributed by atoms with Crippen LogP contribution in [0.1, 0.15) is 25.5 Å². The number of H-pyrrole nitrogens is 1. The summed E-state index contributed by atoms with van der Waals surface area (Å²) in [4.78, 5) is 23.4. The number of benzene rings is 2. The molecule has 3 aromatic rings. The van der Waals surface area contributed by atoms with Crippen LogP contribution in [0.5, 0.6) is 0 Å². The van der Waals surface area contributed by atoms with Gasteiger partial charge in [-0.05, 0) is 49.7 Å². The molecule has 2 atom stereocenters. The molecular formula is C21H24N4O2. The Bertz CT molecular complexity index is 917. The molecule has 27 heavy (non-hydrogen) atoms. The molecule has 0 radical (unpaired) electrons. The molecule has 1 aliphatic heterocycles. The summed E-state index contributed by atoms with van der Waals surface area (Å²) in [7, 11) is 0. The van der Waals surface area contributed by atoms with E-state index in [1.807, 2.05) is 23.1 Å². The topological polar surface area (TPSA) is 61.5 Å². The maximum atomic E-state index is 11.6. The summed E-state index contributed by atoms with van der Waals surface area (Å²) in [6.45, 7) is 6.75. The molecule has 6 heteroatoms. The number of ether oxygens (including phenoxy) is 1. The minimum absolute atomic E-state index is 0.00803. The lowest BCUT2D eigenvalue weighted by atomic mass is 10.0. The highest BCUT2D eigenvalue weighted by atomic mass is 16.5. The molecule has 0 saturated carbocycles. The third-order valence-corrected chi connectivity index (χ3v) is 5.26. The first-order chi connectivity index (χ1) is 13.2. The smallest absolute Gasteiger partial charge is 0.187 e. The van der Waals surface area contributed by atoms with E-state index in [2.05, 4.69) is 53.0 Å². The minimum Gasteiger partial charge on any atom is -0.372 e. The Morgan fingerprint density at radius 2 is 2.00 bits per heavy atom. The predicted molar refractivity (Wildman–Crippen MR) is 107 cm³/mol. The van der Waals surface area contributed by atoms with Crippen LogP contribution >= 0.6 is 0 Å². The second-order valence-corrected chi connectivity index (χ2v) is 6.65. The predicted octanol–water partition coefficient (Wildman–Crippen LogP) is 3.51. The van der Waals surface area contributed by atoms with Crippen LogP contribution in [-0.4, -0.2) is 42.2 Å². The van der Waals surface area contributed by atoms with Crippen molar-refractivity contribution < 1.29 is 9.53 Å². The maximum absolute atomic E-state index is 11.6. The van der Waals surface area contributed by atoms with E-state index in [0.29, 0.717) is 6.61 Å². The van der Waals surface area contributed by atoms with Crippen LogP contribution in [0.3, 0.4) is 0 Å². The van der Waals surface area contributed by atoms with Crippen molar-refractivity contribution in [3.8, 4) is 0 Å². The molecule has 0 spiro atoms. The summed E-state index contributed by atoms with van der Waals surface area (Å²) in [5.74, 6) is 0. The van der Waals surface area contributed by atoms with Gasteiger partial charge >= 0.3 is 0 Å². The lowest BCUT2D eigenvalue weighted by Crippen LogP contribution is -2.33. The Morgan fingerprint density at radius 3 is 2.70 bits per heavy atom. The highest BCUT2D eigenvalue weighted by Gasteiger charge is 2.35. The number of aldehydes is 1. The van der Waals surface area contributed by atoms with Gasteiger partial charge in [0.15, 0.2) is 12.5 Å². The Hall–Kier alpha value is -2.86. The molecule has 0 aliphatic carbocycles.